The molecule has 1 rings (SSSR count). The van der Waals surface area contributed by atoms with Crippen LogP contribution in [0.3, 0.4) is 0 Å². The van der Waals surface area contributed by atoms with E-state index in [4.69, 9.17) is 0 Å². The van der Waals surface area contributed by atoms with E-state index < -0.39 is 10.2 Å². The highest BCUT2D eigenvalue weighted by Crippen LogP contribution is 2.01. The SMILES string of the molecule is CC(C)NS(=O)(=O)N(C)Cc1ncc[nH]1. The van der Waals surface area contributed by atoms with Gasteiger partial charge in [-0.1, -0.05) is 0 Å². The fourth-order valence-corrected chi connectivity index (χ4v) is 2.14. The number of aromatic nitrogens is 2. The van der Waals surface area contributed by atoms with Crippen LogP contribution in [0.15, 0.2) is 12.4 Å². The van der Waals surface area contributed by atoms with Crippen molar-refractivity contribution in [3.8, 4) is 0 Å². The van der Waals surface area contributed by atoms with Crippen LogP contribution < -0.4 is 4.72 Å². The van der Waals surface area contributed by atoms with Gasteiger partial charge in [-0.15, -0.1) is 0 Å². The molecule has 0 atom stereocenters. The zero-order valence-electron chi connectivity index (χ0n) is 9.06. The summed E-state index contributed by atoms with van der Waals surface area (Å²) in [6, 6.07) is -0.117. The molecule has 1 aromatic heterocycles. The first-order valence-corrected chi connectivity index (χ1v) is 6.07. The summed E-state index contributed by atoms with van der Waals surface area (Å²) in [7, 11) is -1.91. The molecule has 0 spiro atoms. The van der Waals surface area contributed by atoms with Gasteiger partial charge in [0.2, 0.25) is 0 Å². The van der Waals surface area contributed by atoms with Gasteiger partial charge < -0.3 is 4.98 Å². The first-order valence-electron chi connectivity index (χ1n) is 4.63. The Morgan fingerprint density at radius 1 is 1.60 bits per heavy atom. The van der Waals surface area contributed by atoms with Gasteiger partial charge in [0.25, 0.3) is 10.2 Å². The average Bonchev–Trinajstić information content (AvgIpc) is 2.54. The second-order valence-corrected chi connectivity index (χ2v) is 5.38. The predicted molar refractivity (Wildman–Crippen MR) is 57.2 cm³/mol. The smallest absolute Gasteiger partial charge is 0.279 e. The molecule has 0 radical (unpaired) electrons. The van der Waals surface area contributed by atoms with Gasteiger partial charge in [-0.25, -0.2) is 4.98 Å². The van der Waals surface area contributed by atoms with Gasteiger partial charge in [-0.05, 0) is 13.8 Å². The Morgan fingerprint density at radius 3 is 2.73 bits per heavy atom. The predicted octanol–water partition coefficient (Wildman–Crippen LogP) is 0.0843. The van der Waals surface area contributed by atoms with Gasteiger partial charge in [0.1, 0.15) is 5.82 Å². The number of rotatable bonds is 5. The van der Waals surface area contributed by atoms with Crippen molar-refractivity contribution in [2.75, 3.05) is 7.05 Å². The van der Waals surface area contributed by atoms with Gasteiger partial charge in [0.15, 0.2) is 0 Å². The van der Waals surface area contributed by atoms with E-state index in [1.54, 1.807) is 26.2 Å². The van der Waals surface area contributed by atoms with Gasteiger partial charge in [0, 0.05) is 25.5 Å². The molecule has 0 fully saturated rings. The third-order valence-electron chi connectivity index (χ3n) is 1.72. The maximum absolute atomic E-state index is 11.6. The van der Waals surface area contributed by atoms with Crippen LogP contribution in [0.1, 0.15) is 19.7 Å². The largest absolute Gasteiger partial charge is 0.347 e. The van der Waals surface area contributed by atoms with Crippen molar-refractivity contribution in [2.45, 2.75) is 26.4 Å². The highest BCUT2D eigenvalue weighted by molar-refractivity contribution is 7.87. The first-order chi connectivity index (χ1) is 6.92. The van der Waals surface area contributed by atoms with Crippen LogP contribution in [-0.4, -0.2) is 35.8 Å². The lowest BCUT2D eigenvalue weighted by Gasteiger charge is -2.18. The standard InChI is InChI=1S/C8H16N4O2S/c1-7(2)11-15(13,14)12(3)6-8-9-4-5-10-8/h4-5,7,11H,6H2,1-3H3,(H,9,10). The molecule has 0 unspecified atom stereocenters. The van der Waals surface area contributed by atoms with Gasteiger partial charge >= 0.3 is 0 Å². The Kier molecular flexibility index (Phi) is 3.83. The van der Waals surface area contributed by atoms with E-state index in [2.05, 4.69) is 14.7 Å². The lowest BCUT2D eigenvalue weighted by molar-refractivity contribution is 0.441. The molecule has 0 aliphatic heterocycles. The monoisotopic (exact) mass is 232 g/mol. The molecule has 1 heterocycles. The normalized spacial score (nSPS) is 12.6. The molecule has 0 saturated carbocycles. The first kappa shape index (κ1) is 12.2. The molecule has 7 heteroatoms. The maximum Gasteiger partial charge on any atom is 0.279 e. The molecule has 0 aliphatic rings. The van der Waals surface area contributed by atoms with Gasteiger partial charge in [-0.3, -0.25) is 0 Å². The molecule has 1 aromatic rings. The molecule has 0 aliphatic carbocycles. The Bertz CT molecular complexity index is 385. The lowest BCUT2D eigenvalue weighted by Crippen LogP contribution is -2.41. The second kappa shape index (κ2) is 4.73. The molecule has 15 heavy (non-hydrogen) atoms. The molecular formula is C8H16N4O2S. The Morgan fingerprint density at radius 2 is 2.27 bits per heavy atom. The zero-order valence-corrected chi connectivity index (χ0v) is 9.87. The summed E-state index contributed by atoms with van der Waals surface area (Å²) < 4.78 is 27.0. The van der Waals surface area contributed by atoms with Gasteiger partial charge in [0.05, 0.1) is 6.54 Å². The summed E-state index contributed by atoms with van der Waals surface area (Å²) in [4.78, 5) is 6.81. The third kappa shape index (κ3) is 3.61. The summed E-state index contributed by atoms with van der Waals surface area (Å²) in [5.41, 5.74) is 0. The number of H-pyrrole nitrogens is 1. The summed E-state index contributed by atoms with van der Waals surface area (Å²) in [6.07, 6.45) is 3.25. The van der Waals surface area contributed by atoms with Gasteiger partial charge in [-0.2, -0.15) is 17.4 Å². The van der Waals surface area contributed by atoms with Crippen molar-refractivity contribution in [2.24, 2.45) is 0 Å². The third-order valence-corrected chi connectivity index (χ3v) is 3.44. The number of aromatic amines is 1. The van der Waals surface area contributed by atoms with E-state index in [1.807, 2.05) is 0 Å². The molecular weight excluding hydrogens is 216 g/mol. The highest BCUT2D eigenvalue weighted by Gasteiger charge is 2.19. The fraction of sp³-hybridized carbons (Fsp3) is 0.625. The summed E-state index contributed by atoms with van der Waals surface area (Å²) >= 11 is 0. The quantitative estimate of drug-likeness (QED) is 0.755. The van der Waals surface area contributed by atoms with Crippen LogP contribution in [0.4, 0.5) is 0 Å². The minimum absolute atomic E-state index is 0.117. The summed E-state index contributed by atoms with van der Waals surface area (Å²) in [5, 5.41) is 0. The lowest BCUT2D eigenvalue weighted by atomic mass is 10.4. The molecule has 2 N–H and O–H groups in total. The Hall–Kier alpha value is -0.920. The van der Waals surface area contributed by atoms with E-state index in [9.17, 15) is 8.42 Å². The number of hydrogen-bond donors (Lipinski definition) is 2. The van der Waals surface area contributed by atoms with Crippen LogP contribution >= 0.6 is 0 Å². The molecule has 0 bridgehead atoms. The van der Waals surface area contributed by atoms with Crippen molar-refractivity contribution in [3.63, 3.8) is 0 Å². The van der Waals surface area contributed by atoms with E-state index in [0.29, 0.717) is 5.82 Å². The minimum Gasteiger partial charge on any atom is -0.347 e. The number of imidazole rings is 1. The van der Waals surface area contributed by atoms with Crippen molar-refractivity contribution >= 4 is 10.2 Å². The van der Waals surface area contributed by atoms with Crippen LogP contribution in [0.2, 0.25) is 0 Å². The van der Waals surface area contributed by atoms with E-state index >= 15 is 0 Å². The van der Waals surface area contributed by atoms with E-state index in [0.717, 1.165) is 0 Å². The molecule has 86 valence electrons. The van der Waals surface area contributed by atoms with Crippen molar-refractivity contribution in [1.29, 1.82) is 0 Å². The van der Waals surface area contributed by atoms with Crippen LogP contribution in [0.25, 0.3) is 0 Å². The molecule has 0 amide bonds. The summed E-state index contributed by atoms with van der Waals surface area (Å²) in [6.45, 7) is 3.78. The van der Waals surface area contributed by atoms with Crippen LogP contribution in [-0.2, 0) is 16.8 Å². The maximum atomic E-state index is 11.6. The molecule has 0 aromatic carbocycles. The number of nitrogens with one attached hydrogen (secondary N) is 2. The van der Waals surface area contributed by atoms with Crippen molar-refractivity contribution < 1.29 is 8.42 Å². The number of nitrogens with zero attached hydrogens (tertiary/aromatic N) is 2. The van der Waals surface area contributed by atoms with E-state index in [-0.39, 0.29) is 12.6 Å². The number of hydrogen-bond acceptors (Lipinski definition) is 3. The van der Waals surface area contributed by atoms with Crippen LogP contribution in [0, 0.1) is 0 Å². The minimum atomic E-state index is -3.41. The fourth-order valence-electron chi connectivity index (χ4n) is 1.07. The van der Waals surface area contributed by atoms with Crippen LogP contribution in [0.5, 0.6) is 0 Å². The van der Waals surface area contributed by atoms with E-state index in [1.165, 1.54) is 11.4 Å². The summed E-state index contributed by atoms with van der Waals surface area (Å²) in [5.74, 6) is 0.617. The van der Waals surface area contributed by atoms with Crippen molar-refractivity contribution in [1.82, 2.24) is 19.0 Å². The topological polar surface area (TPSA) is 78.1 Å². The average molecular weight is 232 g/mol. The second-order valence-electron chi connectivity index (χ2n) is 3.57. The highest BCUT2D eigenvalue weighted by atomic mass is 32.2. The Labute approximate surface area is 89.9 Å². The zero-order chi connectivity index (χ0) is 11.5. The molecule has 6 nitrogen and oxygen atoms in total. The molecule has 0 saturated heterocycles. The Balaban J connectivity index is 2.64. The van der Waals surface area contributed by atoms with Crippen molar-refractivity contribution in [3.05, 3.63) is 18.2 Å².